The normalized spacial score (nSPS) is 22.7. The smallest absolute Gasteiger partial charge is 0.0481 e. The summed E-state index contributed by atoms with van der Waals surface area (Å²) in [5.74, 6) is 1.25. The van der Waals surface area contributed by atoms with Crippen LogP contribution in [-0.2, 0) is 13.6 Å². The van der Waals surface area contributed by atoms with Crippen molar-refractivity contribution in [3.63, 3.8) is 0 Å². The fraction of sp³-hybridized carbons (Fsp3) is 0.529. The van der Waals surface area contributed by atoms with Crippen LogP contribution in [0.5, 0.6) is 0 Å². The van der Waals surface area contributed by atoms with Gasteiger partial charge in [0.15, 0.2) is 0 Å². The van der Waals surface area contributed by atoms with E-state index < -0.39 is 0 Å². The van der Waals surface area contributed by atoms with Crippen LogP contribution in [0.2, 0.25) is 0 Å². The Morgan fingerprint density at radius 2 is 2.15 bits per heavy atom. The number of aryl methyl sites for hydroxylation is 1. The maximum atomic E-state index is 3.77. The number of fused-ring (bicyclic) bond motifs is 1. The largest absolute Gasteiger partial charge is 0.350 e. The van der Waals surface area contributed by atoms with Crippen LogP contribution in [0.15, 0.2) is 30.5 Å². The molecule has 1 fully saturated rings. The van der Waals surface area contributed by atoms with Crippen molar-refractivity contribution in [3.05, 3.63) is 36.0 Å². The zero-order chi connectivity index (χ0) is 13.9. The number of nitrogens with zero attached hydrogens (tertiary/aromatic N) is 1. The van der Waals surface area contributed by atoms with E-state index in [2.05, 4.69) is 66.1 Å². The lowest BCUT2D eigenvalue weighted by Crippen LogP contribution is -2.26. The molecule has 0 saturated heterocycles. The zero-order valence-corrected chi connectivity index (χ0v) is 13.2. The maximum Gasteiger partial charge on any atom is 0.0481 e. The highest BCUT2D eigenvalue weighted by molar-refractivity contribution is 7.99. The average molecular weight is 288 g/mol. The van der Waals surface area contributed by atoms with Gasteiger partial charge in [0.2, 0.25) is 0 Å². The van der Waals surface area contributed by atoms with Gasteiger partial charge in [0.05, 0.1) is 0 Å². The van der Waals surface area contributed by atoms with Crippen LogP contribution in [-0.4, -0.2) is 21.6 Å². The van der Waals surface area contributed by atoms with Crippen molar-refractivity contribution in [2.75, 3.05) is 5.75 Å². The van der Waals surface area contributed by atoms with Gasteiger partial charge >= 0.3 is 0 Å². The summed E-state index contributed by atoms with van der Waals surface area (Å²) in [6.45, 7) is 3.26. The topological polar surface area (TPSA) is 17.0 Å². The Bertz CT molecular complexity index is 575. The summed E-state index contributed by atoms with van der Waals surface area (Å²) in [6, 6.07) is 9.38. The van der Waals surface area contributed by atoms with E-state index in [1.54, 1.807) is 0 Å². The third kappa shape index (κ3) is 2.89. The third-order valence-corrected chi connectivity index (χ3v) is 5.58. The summed E-state index contributed by atoms with van der Waals surface area (Å²) in [4.78, 5) is 0. The van der Waals surface area contributed by atoms with Gasteiger partial charge in [-0.3, -0.25) is 0 Å². The first kappa shape index (κ1) is 14.0. The van der Waals surface area contributed by atoms with Crippen molar-refractivity contribution >= 4 is 22.7 Å². The van der Waals surface area contributed by atoms with Crippen LogP contribution in [0.25, 0.3) is 10.9 Å². The minimum absolute atomic E-state index is 0.706. The second-order valence-electron chi connectivity index (χ2n) is 5.75. The molecule has 2 unspecified atom stereocenters. The number of rotatable bonds is 5. The summed E-state index contributed by atoms with van der Waals surface area (Å²) in [5, 5.41) is 6.03. The molecule has 108 valence electrons. The Morgan fingerprint density at radius 1 is 1.30 bits per heavy atom. The lowest BCUT2D eigenvalue weighted by atomic mass is 10.1. The standard InChI is InChI=1S/C17H24N2S/c1-3-20-15-9-8-14(10-15)18-11-13-12-19(2)17-7-5-4-6-16(13)17/h4-7,12,14-15,18H,3,8-11H2,1-2H3. The highest BCUT2D eigenvalue weighted by Crippen LogP contribution is 2.30. The molecule has 0 amide bonds. The van der Waals surface area contributed by atoms with Crippen LogP contribution in [0.4, 0.5) is 0 Å². The van der Waals surface area contributed by atoms with E-state index in [9.17, 15) is 0 Å². The second-order valence-corrected chi connectivity index (χ2v) is 7.33. The van der Waals surface area contributed by atoms with E-state index in [1.807, 2.05) is 0 Å². The summed E-state index contributed by atoms with van der Waals surface area (Å²) < 4.78 is 2.23. The molecule has 2 atom stereocenters. The first-order chi connectivity index (χ1) is 9.78. The van der Waals surface area contributed by atoms with Gasteiger partial charge in [0.1, 0.15) is 0 Å². The number of aromatic nitrogens is 1. The Kier molecular flexibility index (Phi) is 4.37. The van der Waals surface area contributed by atoms with Crippen molar-refractivity contribution in [1.29, 1.82) is 0 Å². The first-order valence-electron chi connectivity index (χ1n) is 7.66. The van der Waals surface area contributed by atoms with Crippen molar-refractivity contribution in [2.24, 2.45) is 7.05 Å². The fourth-order valence-corrected chi connectivity index (χ4v) is 4.48. The van der Waals surface area contributed by atoms with Crippen LogP contribution < -0.4 is 5.32 Å². The maximum absolute atomic E-state index is 3.77. The molecule has 20 heavy (non-hydrogen) atoms. The number of benzene rings is 1. The number of para-hydroxylation sites is 1. The second kappa shape index (κ2) is 6.23. The van der Waals surface area contributed by atoms with E-state index >= 15 is 0 Å². The molecule has 0 radical (unpaired) electrons. The number of hydrogen-bond donors (Lipinski definition) is 1. The molecule has 2 nitrogen and oxygen atoms in total. The molecule has 3 heteroatoms. The van der Waals surface area contributed by atoms with Crippen LogP contribution in [0.1, 0.15) is 31.7 Å². The van der Waals surface area contributed by atoms with E-state index in [0.29, 0.717) is 6.04 Å². The van der Waals surface area contributed by atoms with Gasteiger partial charge < -0.3 is 9.88 Å². The van der Waals surface area contributed by atoms with E-state index in [-0.39, 0.29) is 0 Å². The molecule has 1 N–H and O–H groups in total. The molecular weight excluding hydrogens is 264 g/mol. The average Bonchev–Trinajstić information content (AvgIpc) is 3.03. The van der Waals surface area contributed by atoms with E-state index in [1.165, 1.54) is 41.5 Å². The number of nitrogens with one attached hydrogen (secondary N) is 1. The Labute approximate surface area is 125 Å². The molecule has 1 heterocycles. The summed E-state index contributed by atoms with van der Waals surface area (Å²) >= 11 is 2.13. The molecule has 0 spiro atoms. The predicted molar refractivity (Wildman–Crippen MR) is 89.3 cm³/mol. The van der Waals surface area contributed by atoms with E-state index in [0.717, 1.165) is 11.8 Å². The van der Waals surface area contributed by atoms with Crippen LogP contribution in [0.3, 0.4) is 0 Å². The summed E-state index contributed by atoms with van der Waals surface area (Å²) in [5.41, 5.74) is 2.75. The predicted octanol–water partition coefficient (Wildman–Crippen LogP) is 3.94. The molecule has 2 aromatic rings. The van der Waals surface area contributed by atoms with Gasteiger partial charge in [-0.1, -0.05) is 25.1 Å². The van der Waals surface area contributed by atoms with Crippen molar-refractivity contribution in [1.82, 2.24) is 9.88 Å². The Hall–Kier alpha value is -0.930. The van der Waals surface area contributed by atoms with Gasteiger partial charge in [-0.2, -0.15) is 11.8 Å². The molecule has 3 rings (SSSR count). The highest BCUT2D eigenvalue weighted by atomic mass is 32.2. The van der Waals surface area contributed by atoms with Crippen LogP contribution in [0, 0.1) is 0 Å². The number of thioether (sulfide) groups is 1. The lowest BCUT2D eigenvalue weighted by Gasteiger charge is -2.12. The highest BCUT2D eigenvalue weighted by Gasteiger charge is 2.24. The molecule has 1 saturated carbocycles. The van der Waals surface area contributed by atoms with Gasteiger partial charge in [-0.25, -0.2) is 0 Å². The Morgan fingerprint density at radius 3 is 3.00 bits per heavy atom. The molecule has 1 aromatic heterocycles. The lowest BCUT2D eigenvalue weighted by molar-refractivity contribution is 0.526. The fourth-order valence-electron chi connectivity index (χ4n) is 3.33. The third-order valence-electron chi connectivity index (χ3n) is 4.35. The van der Waals surface area contributed by atoms with Gasteiger partial charge in [-0.05, 0) is 36.6 Å². The molecule has 0 aliphatic heterocycles. The summed E-state index contributed by atoms with van der Waals surface area (Å²) in [7, 11) is 2.13. The van der Waals surface area contributed by atoms with Crippen molar-refractivity contribution < 1.29 is 0 Å². The Balaban J connectivity index is 1.63. The van der Waals surface area contributed by atoms with Crippen molar-refractivity contribution in [3.8, 4) is 0 Å². The molecule has 1 aliphatic carbocycles. The van der Waals surface area contributed by atoms with Gasteiger partial charge in [0.25, 0.3) is 0 Å². The molecule has 1 aromatic carbocycles. The number of hydrogen-bond acceptors (Lipinski definition) is 2. The monoisotopic (exact) mass is 288 g/mol. The minimum Gasteiger partial charge on any atom is -0.350 e. The molecule has 0 bridgehead atoms. The summed E-state index contributed by atoms with van der Waals surface area (Å²) in [6.07, 6.45) is 6.32. The van der Waals surface area contributed by atoms with Gasteiger partial charge in [-0.15, -0.1) is 0 Å². The SMILES string of the molecule is CCSC1CCC(NCc2cn(C)c3ccccc23)C1. The molecular formula is C17H24N2S. The first-order valence-corrected chi connectivity index (χ1v) is 8.70. The van der Waals surface area contributed by atoms with Gasteiger partial charge in [0, 0.05) is 42.0 Å². The van der Waals surface area contributed by atoms with E-state index in [4.69, 9.17) is 0 Å². The molecule has 1 aliphatic rings. The quantitative estimate of drug-likeness (QED) is 0.897. The minimum atomic E-state index is 0.706. The van der Waals surface area contributed by atoms with Crippen molar-refractivity contribution in [2.45, 2.75) is 44.0 Å². The zero-order valence-electron chi connectivity index (χ0n) is 12.4. The van der Waals surface area contributed by atoms with Crippen LogP contribution >= 0.6 is 11.8 Å².